The summed E-state index contributed by atoms with van der Waals surface area (Å²) in [5, 5.41) is 9.57. The molecule has 1 aliphatic rings. The summed E-state index contributed by atoms with van der Waals surface area (Å²) in [7, 11) is 0. The lowest BCUT2D eigenvalue weighted by molar-refractivity contribution is -0.150. The predicted octanol–water partition coefficient (Wildman–Crippen LogP) is 1.44. The fourth-order valence-corrected chi connectivity index (χ4v) is 2.72. The van der Waals surface area contributed by atoms with Crippen LogP contribution in [-0.2, 0) is 9.53 Å². The summed E-state index contributed by atoms with van der Waals surface area (Å²) in [6.45, 7) is 7.14. The van der Waals surface area contributed by atoms with Crippen molar-refractivity contribution in [3.05, 3.63) is 10.6 Å². The van der Waals surface area contributed by atoms with Crippen LogP contribution in [0.2, 0.25) is 0 Å². The Morgan fingerprint density at radius 3 is 2.71 bits per heavy atom. The topological polar surface area (TPSA) is 62.7 Å². The second-order valence-corrected chi connectivity index (χ2v) is 5.81. The molecule has 1 aromatic rings. The van der Waals surface area contributed by atoms with Crippen molar-refractivity contribution in [2.24, 2.45) is 0 Å². The highest BCUT2D eigenvalue weighted by atomic mass is 32.1. The van der Waals surface area contributed by atoms with E-state index in [9.17, 15) is 4.79 Å². The number of aromatic nitrogens is 1. The van der Waals surface area contributed by atoms with E-state index >= 15 is 0 Å². The van der Waals surface area contributed by atoms with Crippen molar-refractivity contribution in [3.8, 4) is 0 Å². The zero-order valence-electron chi connectivity index (χ0n) is 10.2. The highest BCUT2D eigenvalue weighted by molar-refractivity contribution is 7.15. The molecule has 1 saturated heterocycles. The van der Waals surface area contributed by atoms with Gasteiger partial charge in [0.25, 0.3) is 0 Å². The Kier molecular flexibility index (Phi) is 3.09. The van der Waals surface area contributed by atoms with Gasteiger partial charge in [-0.15, -0.1) is 11.3 Å². The van der Waals surface area contributed by atoms with E-state index in [2.05, 4.69) is 16.8 Å². The number of hydrogen-bond acceptors (Lipinski definition) is 5. The van der Waals surface area contributed by atoms with Crippen LogP contribution in [0.1, 0.15) is 17.5 Å². The molecule has 0 aliphatic carbocycles. The highest BCUT2D eigenvalue weighted by Gasteiger charge is 2.41. The number of anilines is 1. The largest absolute Gasteiger partial charge is 0.480 e. The first kappa shape index (κ1) is 12.3. The standard InChI is InChI=1S/C11H16N2O3S/c1-7-8(2)17-10(12-7)13-5-11(3,6-13)16-4-9(14)15/h4-6H2,1-3H3,(H,14,15). The number of aliphatic carboxylic acids is 1. The second kappa shape index (κ2) is 4.27. The lowest BCUT2D eigenvalue weighted by Gasteiger charge is -2.47. The van der Waals surface area contributed by atoms with Gasteiger partial charge in [-0.2, -0.15) is 0 Å². The van der Waals surface area contributed by atoms with Crippen LogP contribution in [0, 0.1) is 13.8 Å². The summed E-state index contributed by atoms with van der Waals surface area (Å²) >= 11 is 1.67. The average molecular weight is 256 g/mol. The third-order valence-electron chi connectivity index (χ3n) is 2.88. The summed E-state index contributed by atoms with van der Waals surface area (Å²) in [6.07, 6.45) is 0. The van der Waals surface area contributed by atoms with Crippen molar-refractivity contribution >= 4 is 22.4 Å². The van der Waals surface area contributed by atoms with Gasteiger partial charge in [-0.25, -0.2) is 9.78 Å². The quantitative estimate of drug-likeness (QED) is 0.883. The fourth-order valence-electron chi connectivity index (χ4n) is 1.81. The van der Waals surface area contributed by atoms with E-state index in [4.69, 9.17) is 9.84 Å². The van der Waals surface area contributed by atoms with Crippen molar-refractivity contribution in [2.45, 2.75) is 26.4 Å². The number of carboxylic acids is 1. The van der Waals surface area contributed by atoms with Gasteiger partial charge in [0, 0.05) is 4.88 Å². The molecule has 0 bridgehead atoms. The lowest BCUT2D eigenvalue weighted by atomic mass is 9.97. The molecule has 5 nitrogen and oxygen atoms in total. The van der Waals surface area contributed by atoms with E-state index in [1.54, 1.807) is 11.3 Å². The summed E-state index contributed by atoms with van der Waals surface area (Å²) in [6, 6.07) is 0. The first-order chi connectivity index (χ1) is 7.89. The minimum atomic E-state index is -0.925. The third kappa shape index (κ3) is 2.58. The van der Waals surface area contributed by atoms with E-state index in [1.807, 2.05) is 13.8 Å². The van der Waals surface area contributed by atoms with E-state index in [0.29, 0.717) is 13.1 Å². The molecule has 0 radical (unpaired) electrons. The van der Waals surface area contributed by atoms with Gasteiger partial charge in [-0.05, 0) is 20.8 Å². The van der Waals surface area contributed by atoms with Crippen molar-refractivity contribution in [2.75, 3.05) is 24.6 Å². The van der Waals surface area contributed by atoms with Crippen LogP contribution >= 0.6 is 11.3 Å². The molecule has 2 rings (SSSR count). The van der Waals surface area contributed by atoms with Gasteiger partial charge in [-0.1, -0.05) is 0 Å². The van der Waals surface area contributed by atoms with Gasteiger partial charge >= 0.3 is 5.97 Å². The number of rotatable bonds is 4. The first-order valence-corrected chi connectivity index (χ1v) is 6.26. The number of aryl methyl sites for hydroxylation is 2. The predicted molar refractivity (Wildman–Crippen MR) is 65.8 cm³/mol. The van der Waals surface area contributed by atoms with Crippen molar-refractivity contribution in [1.82, 2.24) is 4.98 Å². The van der Waals surface area contributed by atoms with Crippen molar-refractivity contribution < 1.29 is 14.6 Å². The van der Waals surface area contributed by atoms with Crippen LogP contribution in [-0.4, -0.2) is 41.4 Å². The Morgan fingerprint density at radius 2 is 2.24 bits per heavy atom. The van der Waals surface area contributed by atoms with Gasteiger partial charge in [0.05, 0.1) is 18.8 Å². The minimum absolute atomic E-state index is 0.236. The van der Waals surface area contributed by atoms with E-state index < -0.39 is 5.97 Å². The Hall–Kier alpha value is -1.14. The van der Waals surface area contributed by atoms with Gasteiger partial charge in [0.15, 0.2) is 5.13 Å². The number of carbonyl (C=O) groups is 1. The Morgan fingerprint density at radius 1 is 1.59 bits per heavy atom. The van der Waals surface area contributed by atoms with Crippen LogP contribution in [0.25, 0.3) is 0 Å². The van der Waals surface area contributed by atoms with Crippen LogP contribution < -0.4 is 4.90 Å². The second-order valence-electron chi connectivity index (χ2n) is 4.63. The molecule has 0 unspecified atom stereocenters. The number of nitrogens with zero attached hydrogens (tertiary/aromatic N) is 2. The smallest absolute Gasteiger partial charge is 0.329 e. The molecule has 94 valence electrons. The van der Waals surface area contributed by atoms with Gasteiger partial charge in [0.2, 0.25) is 0 Å². The normalized spacial score (nSPS) is 17.9. The molecule has 0 amide bonds. The number of ether oxygens (including phenoxy) is 1. The van der Waals surface area contributed by atoms with Gasteiger partial charge in [0.1, 0.15) is 12.2 Å². The minimum Gasteiger partial charge on any atom is -0.480 e. The summed E-state index contributed by atoms with van der Waals surface area (Å²) in [5.74, 6) is -0.925. The first-order valence-electron chi connectivity index (χ1n) is 5.44. The summed E-state index contributed by atoms with van der Waals surface area (Å²) < 4.78 is 5.35. The molecule has 0 aromatic carbocycles. The van der Waals surface area contributed by atoms with Crippen LogP contribution in [0.4, 0.5) is 5.13 Å². The molecule has 0 atom stereocenters. The molecule has 1 N–H and O–H groups in total. The Bertz CT molecular complexity index is 418. The number of thiazole rings is 1. The Labute approximate surface area is 104 Å². The lowest BCUT2D eigenvalue weighted by Crippen LogP contribution is -2.62. The van der Waals surface area contributed by atoms with E-state index in [-0.39, 0.29) is 12.2 Å². The van der Waals surface area contributed by atoms with Crippen LogP contribution in [0.5, 0.6) is 0 Å². The van der Waals surface area contributed by atoms with E-state index in [1.165, 1.54) is 4.88 Å². The fraction of sp³-hybridized carbons (Fsp3) is 0.636. The van der Waals surface area contributed by atoms with Crippen LogP contribution in [0.15, 0.2) is 0 Å². The molecule has 2 heterocycles. The van der Waals surface area contributed by atoms with E-state index in [0.717, 1.165) is 10.8 Å². The zero-order chi connectivity index (χ0) is 12.6. The Balaban J connectivity index is 1.91. The number of hydrogen-bond donors (Lipinski definition) is 1. The molecule has 6 heteroatoms. The molecule has 1 aromatic heterocycles. The van der Waals surface area contributed by atoms with Gasteiger partial charge < -0.3 is 14.7 Å². The maximum absolute atomic E-state index is 10.4. The average Bonchev–Trinajstić information content (AvgIpc) is 2.52. The molecular formula is C11H16N2O3S. The van der Waals surface area contributed by atoms with Crippen molar-refractivity contribution in [1.29, 1.82) is 0 Å². The summed E-state index contributed by atoms with van der Waals surface area (Å²) in [4.78, 5) is 18.2. The highest BCUT2D eigenvalue weighted by Crippen LogP contribution is 2.33. The van der Waals surface area contributed by atoms with Crippen LogP contribution in [0.3, 0.4) is 0 Å². The van der Waals surface area contributed by atoms with Gasteiger partial charge in [-0.3, -0.25) is 0 Å². The SMILES string of the molecule is Cc1nc(N2CC(C)(OCC(=O)O)C2)sc1C. The summed E-state index contributed by atoms with van der Waals surface area (Å²) in [5.41, 5.74) is 0.705. The number of carboxylic acid groups (broad SMARTS) is 1. The molecule has 0 saturated carbocycles. The maximum Gasteiger partial charge on any atom is 0.329 e. The molecule has 1 aliphatic heterocycles. The zero-order valence-corrected chi connectivity index (χ0v) is 11.0. The molecule has 1 fully saturated rings. The molecular weight excluding hydrogens is 240 g/mol. The molecule has 17 heavy (non-hydrogen) atoms. The molecule has 0 spiro atoms. The third-order valence-corrected chi connectivity index (χ3v) is 4.02. The maximum atomic E-state index is 10.4. The van der Waals surface area contributed by atoms with Crippen molar-refractivity contribution in [3.63, 3.8) is 0 Å². The monoisotopic (exact) mass is 256 g/mol.